The van der Waals surface area contributed by atoms with Crippen molar-refractivity contribution in [1.82, 2.24) is 20.6 Å². The highest BCUT2D eigenvalue weighted by atomic mass is 127. The molecule has 0 aliphatic carbocycles. The summed E-state index contributed by atoms with van der Waals surface area (Å²) in [7, 11) is 1.78. The zero-order valence-electron chi connectivity index (χ0n) is 15.0. The first-order chi connectivity index (χ1) is 12.1. The molecule has 0 radical (unpaired) electrons. The quantitative estimate of drug-likeness (QED) is 0.274. The molecule has 3 aromatic rings. The van der Waals surface area contributed by atoms with Crippen LogP contribution >= 0.6 is 46.9 Å². The molecule has 0 spiro atoms. The number of benzene rings is 1. The highest BCUT2D eigenvalue weighted by molar-refractivity contribution is 14.0. The minimum absolute atomic E-state index is 0. The number of aliphatic imine (C=N–C) groups is 1. The number of nitrogens with zero attached hydrogens (tertiary/aromatic N) is 2. The molecule has 0 unspecified atom stereocenters. The molecule has 5 nitrogen and oxygen atoms in total. The van der Waals surface area contributed by atoms with Gasteiger partial charge < -0.3 is 15.6 Å². The van der Waals surface area contributed by atoms with E-state index in [0.717, 1.165) is 46.7 Å². The van der Waals surface area contributed by atoms with Crippen LogP contribution in [0.2, 0.25) is 5.02 Å². The van der Waals surface area contributed by atoms with E-state index in [-0.39, 0.29) is 24.0 Å². The second-order valence-corrected chi connectivity index (χ2v) is 7.57. The first kappa shape index (κ1) is 21.0. The number of halogens is 2. The number of rotatable bonds is 5. The Balaban J connectivity index is 0.00000243. The topological polar surface area (TPSA) is 65.1 Å². The number of thiazole rings is 1. The number of aromatic nitrogens is 2. The minimum Gasteiger partial charge on any atom is -0.361 e. The van der Waals surface area contributed by atoms with Gasteiger partial charge in [0.2, 0.25) is 0 Å². The van der Waals surface area contributed by atoms with Gasteiger partial charge in [-0.1, -0.05) is 11.6 Å². The van der Waals surface area contributed by atoms with E-state index < -0.39 is 0 Å². The molecule has 1 aromatic carbocycles. The maximum absolute atomic E-state index is 6.11. The molecule has 0 saturated carbocycles. The van der Waals surface area contributed by atoms with E-state index in [9.17, 15) is 0 Å². The molecule has 0 saturated heterocycles. The molecular weight excluding hydrogens is 481 g/mol. The third kappa shape index (κ3) is 5.11. The van der Waals surface area contributed by atoms with Gasteiger partial charge in [0, 0.05) is 40.6 Å². The molecule has 0 aliphatic rings. The summed E-state index contributed by atoms with van der Waals surface area (Å²) < 4.78 is 0. The Labute approximate surface area is 179 Å². The molecular formula is C18H23ClIN5S. The lowest BCUT2D eigenvalue weighted by Crippen LogP contribution is -2.37. The summed E-state index contributed by atoms with van der Waals surface area (Å²) in [5.41, 5.74) is 3.44. The zero-order chi connectivity index (χ0) is 17.8. The Morgan fingerprint density at radius 2 is 2.12 bits per heavy atom. The SMILES string of the molecule is CN=C(NCCc1c[nH]c2ccc(Cl)cc12)NCc1sc(C)nc1C.I. The van der Waals surface area contributed by atoms with Gasteiger partial charge in [0.25, 0.3) is 0 Å². The first-order valence-electron chi connectivity index (χ1n) is 8.19. The summed E-state index contributed by atoms with van der Waals surface area (Å²) in [4.78, 5) is 13.3. The normalized spacial score (nSPS) is 11.5. The summed E-state index contributed by atoms with van der Waals surface area (Å²) in [5, 5.41) is 9.73. The fraction of sp³-hybridized carbons (Fsp3) is 0.333. The van der Waals surface area contributed by atoms with Gasteiger partial charge in [0.1, 0.15) is 0 Å². The standard InChI is InChI=1S/C18H22ClN5S.HI/c1-11-17(25-12(2)24-11)10-23-18(20-3)21-7-6-13-9-22-16-5-4-14(19)8-15(13)16;/h4-5,8-9,22H,6-7,10H2,1-3H3,(H2,20,21,23);1H. The molecule has 0 bridgehead atoms. The molecule has 0 fully saturated rings. The molecule has 2 aromatic heterocycles. The van der Waals surface area contributed by atoms with Crippen LogP contribution in [-0.4, -0.2) is 29.5 Å². The Morgan fingerprint density at radius 3 is 2.81 bits per heavy atom. The molecule has 2 heterocycles. The second kappa shape index (κ2) is 9.57. The van der Waals surface area contributed by atoms with Gasteiger partial charge in [-0.3, -0.25) is 4.99 Å². The van der Waals surface area contributed by atoms with E-state index in [4.69, 9.17) is 11.6 Å². The Morgan fingerprint density at radius 1 is 1.31 bits per heavy atom. The minimum atomic E-state index is 0. The van der Waals surface area contributed by atoms with Gasteiger partial charge >= 0.3 is 0 Å². The number of fused-ring (bicyclic) bond motifs is 1. The Kier molecular flexibility index (Phi) is 7.72. The van der Waals surface area contributed by atoms with E-state index in [1.54, 1.807) is 18.4 Å². The highest BCUT2D eigenvalue weighted by Crippen LogP contribution is 2.22. The van der Waals surface area contributed by atoms with Gasteiger partial charge in [0.05, 0.1) is 17.2 Å². The highest BCUT2D eigenvalue weighted by Gasteiger charge is 2.07. The van der Waals surface area contributed by atoms with E-state index >= 15 is 0 Å². The Hall–Kier alpha value is -1.32. The fourth-order valence-corrected chi connectivity index (χ4v) is 3.84. The maximum Gasteiger partial charge on any atom is 0.191 e. The molecule has 140 valence electrons. The van der Waals surface area contributed by atoms with Crippen LogP contribution in [-0.2, 0) is 13.0 Å². The van der Waals surface area contributed by atoms with Crippen molar-refractivity contribution in [3.63, 3.8) is 0 Å². The average molecular weight is 504 g/mol. The van der Waals surface area contributed by atoms with Gasteiger partial charge in [-0.15, -0.1) is 35.3 Å². The van der Waals surface area contributed by atoms with Crippen LogP contribution in [0.25, 0.3) is 10.9 Å². The van der Waals surface area contributed by atoms with Crippen LogP contribution in [0.15, 0.2) is 29.4 Å². The summed E-state index contributed by atoms with van der Waals surface area (Å²) >= 11 is 7.82. The van der Waals surface area contributed by atoms with Crippen LogP contribution in [0.1, 0.15) is 21.1 Å². The van der Waals surface area contributed by atoms with Crippen molar-refractivity contribution in [2.24, 2.45) is 4.99 Å². The van der Waals surface area contributed by atoms with Crippen LogP contribution < -0.4 is 10.6 Å². The van der Waals surface area contributed by atoms with Crippen molar-refractivity contribution >= 4 is 63.8 Å². The number of nitrogens with one attached hydrogen (secondary N) is 3. The average Bonchev–Trinajstić information content (AvgIpc) is 3.13. The molecule has 3 N–H and O–H groups in total. The van der Waals surface area contributed by atoms with Crippen molar-refractivity contribution in [3.05, 3.63) is 50.6 Å². The van der Waals surface area contributed by atoms with E-state index in [0.29, 0.717) is 0 Å². The predicted octanol–water partition coefficient (Wildman–Crippen LogP) is 4.42. The smallest absolute Gasteiger partial charge is 0.191 e. The number of hydrogen-bond acceptors (Lipinski definition) is 3. The summed E-state index contributed by atoms with van der Waals surface area (Å²) in [6.07, 6.45) is 2.93. The van der Waals surface area contributed by atoms with E-state index in [2.05, 4.69) is 25.6 Å². The number of guanidine groups is 1. The second-order valence-electron chi connectivity index (χ2n) is 5.85. The lowest BCUT2D eigenvalue weighted by atomic mass is 10.1. The third-order valence-corrected chi connectivity index (χ3v) is 5.36. The lowest BCUT2D eigenvalue weighted by Gasteiger charge is -2.11. The molecule has 0 atom stereocenters. The zero-order valence-corrected chi connectivity index (χ0v) is 18.9. The monoisotopic (exact) mass is 503 g/mol. The van der Waals surface area contributed by atoms with Crippen LogP contribution in [0.5, 0.6) is 0 Å². The summed E-state index contributed by atoms with van der Waals surface area (Å²) in [5.74, 6) is 0.795. The summed E-state index contributed by atoms with van der Waals surface area (Å²) in [6, 6.07) is 5.91. The predicted molar refractivity (Wildman–Crippen MR) is 122 cm³/mol. The lowest BCUT2D eigenvalue weighted by molar-refractivity contribution is 0.798. The molecule has 0 aliphatic heterocycles. The number of H-pyrrole nitrogens is 1. The molecule has 26 heavy (non-hydrogen) atoms. The third-order valence-electron chi connectivity index (χ3n) is 4.06. The van der Waals surface area contributed by atoms with Crippen LogP contribution in [0, 0.1) is 13.8 Å². The fourth-order valence-electron chi connectivity index (χ4n) is 2.80. The molecule has 3 rings (SSSR count). The Bertz CT molecular complexity index is 902. The molecule has 0 amide bonds. The van der Waals surface area contributed by atoms with E-state index in [1.165, 1.54) is 15.8 Å². The van der Waals surface area contributed by atoms with Gasteiger partial charge in [-0.05, 0) is 44.0 Å². The van der Waals surface area contributed by atoms with Gasteiger partial charge in [-0.2, -0.15) is 0 Å². The van der Waals surface area contributed by atoms with Crippen molar-refractivity contribution in [2.75, 3.05) is 13.6 Å². The van der Waals surface area contributed by atoms with E-state index in [1.807, 2.05) is 38.2 Å². The largest absolute Gasteiger partial charge is 0.361 e. The first-order valence-corrected chi connectivity index (χ1v) is 9.39. The number of aromatic amines is 1. The number of aryl methyl sites for hydroxylation is 2. The van der Waals surface area contributed by atoms with Crippen molar-refractivity contribution in [2.45, 2.75) is 26.8 Å². The van der Waals surface area contributed by atoms with Crippen molar-refractivity contribution < 1.29 is 0 Å². The van der Waals surface area contributed by atoms with Crippen LogP contribution in [0.4, 0.5) is 0 Å². The number of hydrogen-bond donors (Lipinski definition) is 3. The van der Waals surface area contributed by atoms with Crippen LogP contribution in [0.3, 0.4) is 0 Å². The molecule has 8 heteroatoms. The van der Waals surface area contributed by atoms with Gasteiger partial charge in [-0.25, -0.2) is 4.98 Å². The van der Waals surface area contributed by atoms with Gasteiger partial charge in [0.15, 0.2) is 5.96 Å². The van der Waals surface area contributed by atoms with Crippen molar-refractivity contribution in [1.29, 1.82) is 0 Å². The van der Waals surface area contributed by atoms with Crippen molar-refractivity contribution in [3.8, 4) is 0 Å². The maximum atomic E-state index is 6.11. The summed E-state index contributed by atoms with van der Waals surface area (Å²) in [6.45, 7) is 5.60.